The monoisotopic (exact) mass is 528 g/mol. The average Bonchev–Trinajstić information content (AvgIpc) is 3.12. The highest BCUT2D eigenvalue weighted by Crippen LogP contribution is 2.66. The van der Waals surface area contributed by atoms with Crippen LogP contribution in [0.3, 0.4) is 0 Å². The molecule has 2 fully saturated rings. The molecule has 1 aromatic heterocycles. The van der Waals surface area contributed by atoms with E-state index in [1.807, 2.05) is 12.3 Å². The molecular formula is C32H36N2O5. The van der Waals surface area contributed by atoms with Gasteiger partial charge in [-0.3, -0.25) is 19.4 Å². The van der Waals surface area contributed by atoms with Crippen molar-refractivity contribution in [1.29, 1.82) is 0 Å². The lowest BCUT2D eigenvalue weighted by Gasteiger charge is -2.48. The Morgan fingerprint density at radius 1 is 1.15 bits per heavy atom. The molecule has 204 valence electrons. The summed E-state index contributed by atoms with van der Waals surface area (Å²) in [5.74, 6) is 0.568. The number of pyridine rings is 1. The van der Waals surface area contributed by atoms with Crippen molar-refractivity contribution in [3.63, 3.8) is 0 Å². The number of benzene rings is 1. The molecule has 0 bridgehead atoms. The van der Waals surface area contributed by atoms with E-state index in [1.165, 1.54) is 19.4 Å². The minimum atomic E-state index is -0.703. The number of ether oxygens (including phenoxy) is 2. The largest absolute Gasteiger partial charge is 0.489 e. The van der Waals surface area contributed by atoms with Crippen LogP contribution in [0.5, 0.6) is 0 Å². The van der Waals surface area contributed by atoms with Crippen LogP contribution < -0.4 is 5.32 Å². The van der Waals surface area contributed by atoms with E-state index in [0.717, 1.165) is 34.9 Å². The number of esters is 1. The molecule has 3 aliphatic carbocycles. The number of carbonyl (C=O) groups is 3. The van der Waals surface area contributed by atoms with Gasteiger partial charge in [-0.05, 0) is 72.3 Å². The van der Waals surface area contributed by atoms with E-state index in [9.17, 15) is 14.4 Å². The van der Waals surface area contributed by atoms with Crippen LogP contribution in [0.4, 0.5) is 0 Å². The first-order valence-corrected chi connectivity index (χ1v) is 14.0. The number of amides is 1. The van der Waals surface area contributed by atoms with Crippen molar-refractivity contribution < 1.29 is 23.9 Å². The van der Waals surface area contributed by atoms with E-state index in [2.05, 4.69) is 48.4 Å². The highest BCUT2D eigenvalue weighted by atomic mass is 16.6. The first kappa shape index (κ1) is 25.8. The Hall–Kier alpha value is -3.48. The van der Waals surface area contributed by atoms with Crippen LogP contribution in [0.25, 0.3) is 10.8 Å². The molecule has 1 N–H and O–H groups in total. The van der Waals surface area contributed by atoms with Crippen LogP contribution in [-0.2, 0) is 23.9 Å². The molecule has 2 aromatic rings. The number of allylic oxidation sites excluding steroid dienone is 3. The second kappa shape index (κ2) is 9.32. The number of rotatable bonds is 4. The molecule has 0 saturated heterocycles. The molecule has 39 heavy (non-hydrogen) atoms. The molecule has 1 amide bonds. The highest BCUT2D eigenvalue weighted by Gasteiger charge is 2.64. The molecule has 7 nitrogen and oxygen atoms in total. The number of ketones is 1. The van der Waals surface area contributed by atoms with Crippen molar-refractivity contribution in [1.82, 2.24) is 10.3 Å². The lowest BCUT2D eigenvalue weighted by Crippen LogP contribution is -2.44. The molecule has 0 spiro atoms. The summed E-state index contributed by atoms with van der Waals surface area (Å²) >= 11 is 0. The van der Waals surface area contributed by atoms with Crippen molar-refractivity contribution in [3.05, 3.63) is 65.2 Å². The summed E-state index contributed by atoms with van der Waals surface area (Å²) in [6.07, 6.45) is 9.06. The third-order valence-electron chi connectivity index (χ3n) is 9.59. The Labute approximate surface area is 229 Å². The van der Waals surface area contributed by atoms with E-state index in [-0.39, 0.29) is 46.9 Å². The standard InChI is InChI=1S/C32H36N2O5/c1-18(35)34-16-20-11-27(37)25-14-22-7-9-31(3)26(29(22)38-28(25)12-20)15-32(4,39-19(2)36)30(31)23-6-5-21-8-10-33-17-24(21)13-23/h5-6,8,10,13-14,17,20,26,29-30H,7,9,11-12,15-16H2,1-4H3,(H,34,35)/t20?,26-,29+,30+,31-,32?/m0/s1. The van der Waals surface area contributed by atoms with E-state index in [1.54, 1.807) is 6.20 Å². The van der Waals surface area contributed by atoms with Gasteiger partial charge in [-0.25, -0.2) is 0 Å². The SMILES string of the molecule is CC(=O)NCC1CC(=O)C2=C(C1)O[C@@H]1C(=C2)CC[C@@]2(C)[C@H]1CC(C)(OC(C)=O)[C@@H]2c1ccc2ccncc2c1. The molecule has 2 unspecified atom stereocenters. The van der Waals surface area contributed by atoms with Crippen LogP contribution in [0.2, 0.25) is 0 Å². The first-order valence-electron chi connectivity index (χ1n) is 14.0. The summed E-state index contributed by atoms with van der Waals surface area (Å²) < 4.78 is 12.9. The molecule has 4 aliphatic rings. The lowest BCUT2D eigenvalue weighted by atomic mass is 9.60. The van der Waals surface area contributed by atoms with E-state index < -0.39 is 5.60 Å². The highest BCUT2D eigenvalue weighted by molar-refractivity contribution is 6.00. The Kier molecular flexibility index (Phi) is 6.16. The summed E-state index contributed by atoms with van der Waals surface area (Å²) in [5.41, 5.74) is 2.12. The topological polar surface area (TPSA) is 94.6 Å². The van der Waals surface area contributed by atoms with Crippen molar-refractivity contribution in [3.8, 4) is 0 Å². The molecule has 7 heteroatoms. The van der Waals surface area contributed by atoms with Crippen LogP contribution in [0.15, 0.2) is 59.6 Å². The van der Waals surface area contributed by atoms with Crippen molar-refractivity contribution in [2.75, 3.05) is 6.54 Å². The number of fused-ring (bicyclic) bond motifs is 4. The van der Waals surface area contributed by atoms with Crippen molar-refractivity contribution in [2.24, 2.45) is 17.3 Å². The Morgan fingerprint density at radius 3 is 2.74 bits per heavy atom. The smallest absolute Gasteiger partial charge is 0.303 e. The number of hydrogen-bond acceptors (Lipinski definition) is 6. The Morgan fingerprint density at radius 2 is 1.97 bits per heavy atom. The maximum Gasteiger partial charge on any atom is 0.303 e. The zero-order chi connectivity index (χ0) is 27.5. The van der Waals surface area contributed by atoms with Gasteiger partial charge in [0.2, 0.25) is 5.91 Å². The van der Waals surface area contributed by atoms with Crippen LogP contribution in [0.1, 0.15) is 71.3 Å². The van der Waals surface area contributed by atoms with Gasteiger partial charge in [0.15, 0.2) is 5.78 Å². The maximum absolute atomic E-state index is 13.1. The summed E-state index contributed by atoms with van der Waals surface area (Å²) in [4.78, 5) is 41.3. The van der Waals surface area contributed by atoms with Gasteiger partial charge in [0.25, 0.3) is 0 Å². The summed E-state index contributed by atoms with van der Waals surface area (Å²) in [7, 11) is 0. The number of nitrogens with one attached hydrogen (secondary N) is 1. The fraction of sp³-hybridized carbons (Fsp3) is 0.500. The minimum Gasteiger partial charge on any atom is -0.489 e. The Balaban J connectivity index is 1.36. The van der Waals surface area contributed by atoms with Gasteiger partial charge in [0, 0.05) is 62.8 Å². The third-order valence-corrected chi connectivity index (χ3v) is 9.59. The molecule has 0 radical (unpaired) electrons. The first-order chi connectivity index (χ1) is 18.6. The number of aromatic nitrogens is 1. The van der Waals surface area contributed by atoms with Gasteiger partial charge in [0.05, 0.1) is 5.57 Å². The van der Waals surface area contributed by atoms with E-state index >= 15 is 0 Å². The lowest BCUT2D eigenvalue weighted by molar-refractivity contribution is -0.157. The minimum absolute atomic E-state index is 0.0236. The van der Waals surface area contributed by atoms with Crippen LogP contribution in [-0.4, -0.2) is 40.9 Å². The summed E-state index contributed by atoms with van der Waals surface area (Å²) in [6, 6.07) is 8.50. The van der Waals surface area contributed by atoms with Crippen molar-refractivity contribution in [2.45, 2.75) is 77.4 Å². The van der Waals surface area contributed by atoms with Gasteiger partial charge in [0.1, 0.15) is 17.5 Å². The molecule has 1 aliphatic heterocycles. The normalized spacial score (nSPS) is 33.4. The third kappa shape index (κ3) is 4.36. The molecule has 6 atom stereocenters. The van der Waals surface area contributed by atoms with Gasteiger partial charge in [-0.1, -0.05) is 19.1 Å². The molecular weight excluding hydrogens is 492 g/mol. The van der Waals surface area contributed by atoms with Gasteiger partial charge < -0.3 is 14.8 Å². The maximum atomic E-state index is 13.1. The van der Waals surface area contributed by atoms with Crippen LogP contribution >= 0.6 is 0 Å². The van der Waals surface area contributed by atoms with Crippen molar-refractivity contribution >= 4 is 28.4 Å². The number of carbonyl (C=O) groups excluding carboxylic acids is 3. The molecule has 1 aromatic carbocycles. The predicted octanol–water partition coefficient (Wildman–Crippen LogP) is 5.15. The fourth-order valence-electron chi connectivity index (χ4n) is 8.07. The number of nitrogens with zero attached hydrogens (tertiary/aromatic N) is 1. The van der Waals surface area contributed by atoms with E-state index in [0.29, 0.717) is 31.4 Å². The molecule has 2 heterocycles. The summed E-state index contributed by atoms with van der Waals surface area (Å²) in [6.45, 7) is 7.83. The zero-order valence-electron chi connectivity index (χ0n) is 23.1. The molecule has 2 saturated carbocycles. The van der Waals surface area contributed by atoms with Gasteiger partial charge in [-0.2, -0.15) is 0 Å². The number of Topliss-reactive ketones (excluding diaryl/α,β-unsaturated/α-hetero) is 1. The Bertz CT molecular complexity index is 1440. The van der Waals surface area contributed by atoms with E-state index in [4.69, 9.17) is 9.47 Å². The predicted molar refractivity (Wildman–Crippen MR) is 146 cm³/mol. The second-order valence-corrected chi connectivity index (χ2v) is 12.4. The van der Waals surface area contributed by atoms with Gasteiger partial charge in [-0.15, -0.1) is 0 Å². The fourth-order valence-corrected chi connectivity index (χ4v) is 8.07. The second-order valence-electron chi connectivity index (χ2n) is 12.4. The van der Waals surface area contributed by atoms with Crippen LogP contribution in [0, 0.1) is 17.3 Å². The van der Waals surface area contributed by atoms with Gasteiger partial charge >= 0.3 is 5.97 Å². The average molecular weight is 529 g/mol. The summed E-state index contributed by atoms with van der Waals surface area (Å²) in [5, 5.41) is 5.05. The number of hydrogen-bond donors (Lipinski definition) is 1. The quantitative estimate of drug-likeness (QED) is 0.552. The molecule has 6 rings (SSSR count). The zero-order valence-corrected chi connectivity index (χ0v) is 23.1.